The molecule has 1 amide bonds. The van der Waals surface area contributed by atoms with E-state index in [2.05, 4.69) is 32.3 Å². The Bertz CT molecular complexity index is 455. The number of fused-ring (bicyclic) bond motifs is 1. The van der Waals surface area contributed by atoms with Crippen molar-refractivity contribution in [3.63, 3.8) is 0 Å². The Kier molecular flexibility index (Phi) is 4.27. The summed E-state index contributed by atoms with van der Waals surface area (Å²) < 4.78 is 0. The fourth-order valence-corrected chi connectivity index (χ4v) is 4.57. The van der Waals surface area contributed by atoms with Gasteiger partial charge in [0, 0.05) is 22.8 Å². The van der Waals surface area contributed by atoms with Crippen LogP contribution in [-0.4, -0.2) is 28.7 Å². The van der Waals surface area contributed by atoms with Crippen molar-refractivity contribution >= 4 is 33.2 Å². The summed E-state index contributed by atoms with van der Waals surface area (Å²) in [5.74, 6) is 0.512. The number of rotatable bonds is 4. The molecule has 1 unspecified atom stereocenters. The van der Waals surface area contributed by atoms with Crippen molar-refractivity contribution in [3.8, 4) is 0 Å². The van der Waals surface area contributed by atoms with Crippen LogP contribution >= 0.6 is 27.3 Å². The highest BCUT2D eigenvalue weighted by Gasteiger charge is 2.35. The lowest BCUT2D eigenvalue weighted by atomic mass is 9.84. The second kappa shape index (κ2) is 5.96. The summed E-state index contributed by atoms with van der Waals surface area (Å²) in [6.07, 6.45) is 7.04. The Labute approximate surface area is 127 Å². The number of alkyl halides is 1. The van der Waals surface area contributed by atoms with Gasteiger partial charge in [0.05, 0.1) is 5.92 Å². The number of hydrogen-bond acceptors (Lipinski definition) is 2. The Balaban J connectivity index is 1.79. The molecule has 0 aromatic carbocycles. The Morgan fingerprint density at radius 1 is 1.37 bits per heavy atom. The van der Waals surface area contributed by atoms with E-state index in [1.165, 1.54) is 36.1 Å². The number of amides is 1. The van der Waals surface area contributed by atoms with Gasteiger partial charge >= 0.3 is 0 Å². The number of nitrogens with zero attached hydrogens (tertiary/aromatic N) is 1. The SMILES string of the molecule is O=C(C1CCCc2sccc21)N(CCBr)C1CCC1. The summed E-state index contributed by atoms with van der Waals surface area (Å²) in [6, 6.07) is 2.68. The summed E-state index contributed by atoms with van der Waals surface area (Å²) in [7, 11) is 0. The Morgan fingerprint density at radius 3 is 2.89 bits per heavy atom. The summed E-state index contributed by atoms with van der Waals surface area (Å²) in [4.78, 5) is 16.5. The van der Waals surface area contributed by atoms with Crippen molar-refractivity contribution in [2.75, 3.05) is 11.9 Å². The van der Waals surface area contributed by atoms with E-state index in [1.807, 2.05) is 11.3 Å². The lowest BCUT2D eigenvalue weighted by Crippen LogP contribution is -2.47. The third kappa shape index (κ3) is 2.62. The van der Waals surface area contributed by atoms with Crippen molar-refractivity contribution in [3.05, 3.63) is 21.9 Å². The monoisotopic (exact) mass is 341 g/mol. The van der Waals surface area contributed by atoms with Crippen LogP contribution in [0.2, 0.25) is 0 Å². The van der Waals surface area contributed by atoms with Crippen LogP contribution in [0.1, 0.15) is 48.5 Å². The molecule has 2 nitrogen and oxygen atoms in total. The van der Waals surface area contributed by atoms with Gasteiger partial charge in [0.2, 0.25) is 5.91 Å². The first kappa shape index (κ1) is 13.6. The predicted octanol–water partition coefficient (Wildman–Crippen LogP) is 3.94. The van der Waals surface area contributed by atoms with Gasteiger partial charge < -0.3 is 4.90 Å². The van der Waals surface area contributed by atoms with Crippen LogP contribution in [0.5, 0.6) is 0 Å². The second-order valence-corrected chi connectivity index (χ2v) is 7.34. The van der Waals surface area contributed by atoms with Gasteiger partial charge in [-0.25, -0.2) is 0 Å². The molecule has 4 heteroatoms. The molecule has 0 spiro atoms. The molecule has 0 aliphatic heterocycles. The van der Waals surface area contributed by atoms with Crippen molar-refractivity contribution in [1.29, 1.82) is 0 Å². The van der Waals surface area contributed by atoms with Crippen molar-refractivity contribution < 1.29 is 4.79 Å². The summed E-state index contributed by atoms with van der Waals surface area (Å²) in [5, 5.41) is 3.03. The molecular formula is C15H20BrNOS. The van der Waals surface area contributed by atoms with E-state index in [-0.39, 0.29) is 5.92 Å². The van der Waals surface area contributed by atoms with Gasteiger partial charge in [0.15, 0.2) is 0 Å². The van der Waals surface area contributed by atoms with Crippen LogP contribution in [0, 0.1) is 0 Å². The molecule has 1 heterocycles. The molecule has 0 N–H and O–H groups in total. The first-order chi connectivity index (χ1) is 9.31. The number of carbonyl (C=O) groups excluding carboxylic acids is 1. The molecule has 1 atom stereocenters. The van der Waals surface area contributed by atoms with Crippen molar-refractivity contribution in [1.82, 2.24) is 4.90 Å². The maximum absolute atomic E-state index is 12.9. The zero-order valence-corrected chi connectivity index (χ0v) is 13.5. The fraction of sp³-hybridized carbons (Fsp3) is 0.667. The lowest BCUT2D eigenvalue weighted by Gasteiger charge is -2.40. The van der Waals surface area contributed by atoms with Crippen LogP contribution < -0.4 is 0 Å². The first-order valence-corrected chi connectivity index (χ1v) is 9.24. The molecule has 0 radical (unpaired) electrons. The van der Waals surface area contributed by atoms with Gasteiger partial charge in [-0.1, -0.05) is 15.9 Å². The number of aryl methyl sites for hydroxylation is 1. The molecule has 104 valence electrons. The maximum Gasteiger partial charge on any atom is 0.230 e. The van der Waals surface area contributed by atoms with E-state index < -0.39 is 0 Å². The van der Waals surface area contributed by atoms with Crippen LogP contribution in [-0.2, 0) is 11.2 Å². The van der Waals surface area contributed by atoms with Gasteiger partial charge in [-0.05, 0) is 55.5 Å². The smallest absolute Gasteiger partial charge is 0.230 e. The minimum atomic E-state index is 0.134. The first-order valence-electron chi connectivity index (χ1n) is 7.24. The summed E-state index contributed by atoms with van der Waals surface area (Å²) in [5.41, 5.74) is 1.32. The summed E-state index contributed by atoms with van der Waals surface area (Å²) in [6.45, 7) is 0.861. The van der Waals surface area contributed by atoms with Crippen LogP contribution in [0.3, 0.4) is 0 Å². The van der Waals surface area contributed by atoms with Crippen molar-refractivity contribution in [2.45, 2.75) is 50.5 Å². The average molecular weight is 342 g/mol. The molecule has 3 rings (SSSR count). The highest BCUT2D eigenvalue weighted by molar-refractivity contribution is 9.09. The molecule has 1 aromatic rings. The fourth-order valence-electron chi connectivity index (χ4n) is 3.21. The quantitative estimate of drug-likeness (QED) is 0.759. The topological polar surface area (TPSA) is 20.3 Å². The van der Waals surface area contributed by atoms with Crippen LogP contribution in [0.15, 0.2) is 11.4 Å². The zero-order valence-electron chi connectivity index (χ0n) is 11.1. The summed E-state index contributed by atoms with van der Waals surface area (Å²) >= 11 is 5.32. The number of hydrogen-bond donors (Lipinski definition) is 0. The highest BCUT2D eigenvalue weighted by Crippen LogP contribution is 2.37. The third-order valence-corrected chi connectivity index (χ3v) is 5.83. The lowest BCUT2D eigenvalue weighted by molar-refractivity contribution is -0.136. The van der Waals surface area contributed by atoms with E-state index >= 15 is 0 Å². The molecule has 1 fully saturated rings. The molecule has 0 saturated heterocycles. The van der Waals surface area contributed by atoms with Gasteiger partial charge in [0.1, 0.15) is 0 Å². The van der Waals surface area contributed by atoms with Gasteiger partial charge in [0.25, 0.3) is 0 Å². The minimum Gasteiger partial charge on any atom is -0.338 e. The van der Waals surface area contributed by atoms with Gasteiger partial charge in [-0.2, -0.15) is 0 Å². The normalized spacial score (nSPS) is 22.7. The van der Waals surface area contributed by atoms with E-state index in [0.717, 1.165) is 24.7 Å². The Morgan fingerprint density at radius 2 is 2.21 bits per heavy atom. The molecule has 1 saturated carbocycles. The maximum atomic E-state index is 12.9. The van der Waals surface area contributed by atoms with E-state index in [4.69, 9.17) is 0 Å². The third-order valence-electron chi connectivity index (χ3n) is 4.47. The Hall–Kier alpha value is -0.350. The standard InChI is InChI=1S/C15H20BrNOS/c16-8-9-17(11-3-1-4-11)15(18)13-5-2-6-14-12(13)7-10-19-14/h7,10-11,13H,1-6,8-9H2. The van der Waals surface area contributed by atoms with E-state index in [1.54, 1.807) is 0 Å². The molecule has 2 aliphatic carbocycles. The van der Waals surface area contributed by atoms with Gasteiger partial charge in [-0.15, -0.1) is 11.3 Å². The average Bonchev–Trinajstić information content (AvgIpc) is 2.83. The molecule has 1 aromatic heterocycles. The van der Waals surface area contributed by atoms with Crippen molar-refractivity contribution in [2.24, 2.45) is 0 Å². The zero-order chi connectivity index (χ0) is 13.2. The van der Waals surface area contributed by atoms with Crippen LogP contribution in [0.25, 0.3) is 0 Å². The number of halogens is 1. The highest BCUT2D eigenvalue weighted by atomic mass is 79.9. The predicted molar refractivity (Wildman–Crippen MR) is 83.1 cm³/mol. The van der Waals surface area contributed by atoms with Gasteiger partial charge in [-0.3, -0.25) is 4.79 Å². The van der Waals surface area contributed by atoms with Crippen LogP contribution in [0.4, 0.5) is 0 Å². The molecular weight excluding hydrogens is 322 g/mol. The molecule has 2 aliphatic rings. The number of thiophene rings is 1. The molecule has 19 heavy (non-hydrogen) atoms. The van der Waals surface area contributed by atoms with E-state index in [0.29, 0.717) is 11.9 Å². The second-order valence-electron chi connectivity index (χ2n) is 5.55. The minimum absolute atomic E-state index is 0.134. The molecule has 0 bridgehead atoms. The largest absolute Gasteiger partial charge is 0.338 e. The van der Waals surface area contributed by atoms with E-state index in [9.17, 15) is 4.79 Å². The number of carbonyl (C=O) groups is 1.